The average Bonchev–Trinajstić information content (AvgIpc) is 3.47. The summed E-state index contributed by atoms with van der Waals surface area (Å²) in [6, 6.07) is 10.6. The van der Waals surface area contributed by atoms with Crippen molar-refractivity contribution in [3.8, 4) is 0 Å². The smallest absolute Gasteiger partial charge is 0.238 e. The first-order valence-corrected chi connectivity index (χ1v) is 11.6. The van der Waals surface area contributed by atoms with Crippen LogP contribution in [0, 0.1) is 6.92 Å². The number of anilines is 2. The molecule has 0 aliphatic carbocycles. The van der Waals surface area contributed by atoms with E-state index >= 15 is 0 Å². The third-order valence-corrected chi connectivity index (χ3v) is 6.63. The maximum Gasteiger partial charge on any atom is 0.238 e. The number of hydrogen-bond donors (Lipinski definition) is 1. The highest BCUT2D eigenvalue weighted by atomic mass is 32.1. The predicted molar refractivity (Wildman–Crippen MR) is 120 cm³/mol. The molecule has 3 heterocycles. The van der Waals surface area contributed by atoms with Crippen molar-refractivity contribution in [1.29, 1.82) is 0 Å². The van der Waals surface area contributed by atoms with E-state index in [4.69, 9.17) is 4.74 Å². The van der Waals surface area contributed by atoms with Crippen LogP contribution >= 0.6 is 11.3 Å². The SMILES string of the molecule is Cc1cc(N2CCCC2)ccc1NC(=O)CN(Cc1cccs1)CC1CCCO1. The summed E-state index contributed by atoms with van der Waals surface area (Å²) in [6.45, 7) is 7.15. The van der Waals surface area contributed by atoms with Gasteiger partial charge in [-0.05, 0) is 67.8 Å². The molecule has 1 unspecified atom stereocenters. The molecule has 2 aliphatic rings. The summed E-state index contributed by atoms with van der Waals surface area (Å²) in [5, 5.41) is 5.21. The molecular weight excluding hydrogens is 382 g/mol. The van der Waals surface area contributed by atoms with Gasteiger partial charge in [-0.25, -0.2) is 0 Å². The fourth-order valence-electron chi connectivity index (χ4n) is 4.24. The monoisotopic (exact) mass is 413 g/mol. The molecule has 4 rings (SSSR count). The van der Waals surface area contributed by atoms with Crippen LogP contribution in [0.4, 0.5) is 11.4 Å². The van der Waals surface area contributed by atoms with Gasteiger partial charge in [-0.2, -0.15) is 0 Å². The molecule has 156 valence electrons. The fraction of sp³-hybridized carbons (Fsp3) is 0.522. The molecule has 0 bridgehead atoms. The number of hydrogen-bond acceptors (Lipinski definition) is 5. The highest BCUT2D eigenvalue weighted by Gasteiger charge is 2.22. The lowest BCUT2D eigenvalue weighted by molar-refractivity contribution is -0.117. The molecule has 1 N–H and O–H groups in total. The number of nitrogens with zero attached hydrogens (tertiary/aromatic N) is 2. The van der Waals surface area contributed by atoms with E-state index in [-0.39, 0.29) is 12.0 Å². The Hall–Kier alpha value is -1.89. The molecule has 1 aromatic carbocycles. The molecule has 2 aromatic rings. The molecule has 6 heteroatoms. The summed E-state index contributed by atoms with van der Waals surface area (Å²) in [5.74, 6) is 0.0385. The summed E-state index contributed by atoms with van der Waals surface area (Å²) >= 11 is 1.74. The van der Waals surface area contributed by atoms with Crippen LogP contribution in [0.3, 0.4) is 0 Å². The standard InChI is InChI=1S/C23H31N3O2S/c1-18-14-19(26-10-2-3-11-26)8-9-22(18)24-23(27)17-25(15-20-6-4-12-28-20)16-21-7-5-13-29-21/h5,7-9,13-14,20H,2-4,6,10-12,15-17H2,1H3,(H,24,27). The molecule has 2 aliphatic heterocycles. The average molecular weight is 414 g/mol. The van der Waals surface area contributed by atoms with Gasteiger partial charge in [-0.3, -0.25) is 9.69 Å². The minimum Gasteiger partial charge on any atom is -0.377 e. The lowest BCUT2D eigenvalue weighted by atomic mass is 10.1. The largest absolute Gasteiger partial charge is 0.377 e. The van der Waals surface area contributed by atoms with E-state index in [1.165, 1.54) is 23.4 Å². The molecule has 29 heavy (non-hydrogen) atoms. The molecule has 1 amide bonds. The lowest BCUT2D eigenvalue weighted by Crippen LogP contribution is -2.37. The van der Waals surface area contributed by atoms with E-state index in [2.05, 4.69) is 51.7 Å². The van der Waals surface area contributed by atoms with Crippen molar-refractivity contribution in [3.63, 3.8) is 0 Å². The Kier molecular flexibility index (Phi) is 6.85. The molecule has 2 fully saturated rings. The fourth-order valence-corrected chi connectivity index (χ4v) is 4.98. The first kappa shape index (κ1) is 20.4. The van der Waals surface area contributed by atoms with Gasteiger partial charge in [-0.15, -0.1) is 11.3 Å². The van der Waals surface area contributed by atoms with Crippen molar-refractivity contribution in [2.24, 2.45) is 0 Å². The van der Waals surface area contributed by atoms with E-state index < -0.39 is 0 Å². The van der Waals surface area contributed by atoms with E-state index in [1.54, 1.807) is 11.3 Å². The van der Waals surface area contributed by atoms with Crippen LogP contribution in [0.2, 0.25) is 0 Å². The number of carbonyl (C=O) groups is 1. The zero-order valence-electron chi connectivity index (χ0n) is 17.2. The van der Waals surface area contributed by atoms with Crippen LogP contribution in [0.1, 0.15) is 36.1 Å². The Bertz CT molecular complexity index is 796. The summed E-state index contributed by atoms with van der Waals surface area (Å²) in [6.07, 6.45) is 4.97. The highest BCUT2D eigenvalue weighted by Crippen LogP contribution is 2.25. The molecule has 2 saturated heterocycles. The van der Waals surface area contributed by atoms with Gasteiger partial charge in [0.05, 0.1) is 12.6 Å². The van der Waals surface area contributed by atoms with Gasteiger partial charge in [0.15, 0.2) is 0 Å². The number of carbonyl (C=O) groups excluding carboxylic acids is 1. The van der Waals surface area contributed by atoms with E-state index in [1.807, 2.05) is 6.07 Å². The van der Waals surface area contributed by atoms with Crippen LogP contribution < -0.4 is 10.2 Å². The maximum atomic E-state index is 12.8. The van der Waals surface area contributed by atoms with Crippen LogP contribution in [-0.2, 0) is 16.1 Å². The number of aryl methyl sites for hydroxylation is 1. The van der Waals surface area contributed by atoms with Gasteiger partial charge >= 0.3 is 0 Å². The molecule has 5 nitrogen and oxygen atoms in total. The minimum absolute atomic E-state index is 0.0385. The zero-order chi connectivity index (χ0) is 20.1. The zero-order valence-corrected chi connectivity index (χ0v) is 18.0. The van der Waals surface area contributed by atoms with E-state index in [0.717, 1.165) is 56.9 Å². The van der Waals surface area contributed by atoms with Crippen molar-refractivity contribution >= 4 is 28.6 Å². The van der Waals surface area contributed by atoms with Crippen LogP contribution in [0.25, 0.3) is 0 Å². The minimum atomic E-state index is 0.0385. The highest BCUT2D eigenvalue weighted by molar-refractivity contribution is 7.09. The van der Waals surface area contributed by atoms with Crippen LogP contribution in [0.15, 0.2) is 35.7 Å². The topological polar surface area (TPSA) is 44.8 Å². The number of thiophene rings is 1. The number of nitrogens with one attached hydrogen (secondary N) is 1. The summed E-state index contributed by atoms with van der Waals surface area (Å²) in [5.41, 5.74) is 3.29. The van der Waals surface area contributed by atoms with Crippen molar-refractivity contribution in [1.82, 2.24) is 4.90 Å². The van der Waals surface area contributed by atoms with E-state index in [0.29, 0.717) is 6.54 Å². The van der Waals surface area contributed by atoms with E-state index in [9.17, 15) is 4.79 Å². The van der Waals surface area contributed by atoms with Crippen LogP contribution in [0.5, 0.6) is 0 Å². The molecule has 1 aromatic heterocycles. The molecule has 0 radical (unpaired) electrons. The Balaban J connectivity index is 1.37. The Labute approximate surface area is 177 Å². The van der Waals surface area contributed by atoms with Gasteiger partial charge in [0.1, 0.15) is 0 Å². The number of ether oxygens (including phenoxy) is 1. The maximum absolute atomic E-state index is 12.8. The number of amides is 1. The van der Waals surface area contributed by atoms with Gasteiger partial charge < -0.3 is 15.0 Å². The lowest BCUT2D eigenvalue weighted by Gasteiger charge is -2.24. The van der Waals surface area contributed by atoms with Crippen molar-refractivity contribution in [2.75, 3.05) is 43.0 Å². The first-order valence-electron chi connectivity index (χ1n) is 10.7. The second kappa shape index (κ2) is 9.74. The third kappa shape index (κ3) is 5.59. The third-order valence-electron chi connectivity index (χ3n) is 5.77. The van der Waals surface area contributed by atoms with Crippen molar-refractivity contribution in [3.05, 3.63) is 46.2 Å². The summed E-state index contributed by atoms with van der Waals surface area (Å²) in [7, 11) is 0. The van der Waals surface area contributed by atoms with Crippen LogP contribution in [-0.4, -0.2) is 49.7 Å². The second-order valence-corrected chi connectivity index (χ2v) is 9.16. The van der Waals surface area contributed by atoms with Gasteiger partial charge in [0.2, 0.25) is 5.91 Å². The van der Waals surface area contributed by atoms with Gasteiger partial charge in [-0.1, -0.05) is 6.07 Å². The van der Waals surface area contributed by atoms with Gasteiger partial charge in [0.25, 0.3) is 0 Å². The summed E-state index contributed by atoms with van der Waals surface area (Å²) in [4.78, 5) is 18.7. The first-order chi connectivity index (χ1) is 14.2. The number of rotatable bonds is 8. The Morgan fingerprint density at radius 2 is 2.14 bits per heavy atom. The second-order valence-electron chi connectivity index (χ2n) is 8.13. The molecular formula is C23H31N3O2S. The predicted octanol–water partition coefficient (Wildman–Crippen LogP) is 4.28. The van der Waals surface area contributed by atoms with Crippen molar-refractivity contribution < 1.29 is 9.53 Å². The quantitative estimate of drug-likeness (QED) is 0.702. The number of benzene rings is 1. The molecule has 0 saturated carbocycles. The normalized spacial score (nSPS) is 19.2. The Morgan fingerprint density at radius 1 is 1.28 bits per heavy atom. The summed E-state index contributed by atoms with van der Waals surface area (Å²) < 4.78 is 5.81. The van der Waals surface area contributed by atoms with Gasteiger partial charge in [0, 0.05) is 49.0 Å². The Morgan fingerprint density at radius 3 is 2.83 bits per heavy atom. The molecule has 0 spiro atoms. The van der Waals surface area contributed by atoms with Crippen molar-refractivity contribution in [2.45, 2.75) is 45.3 Å². The molecule has 1 atom stereocenters.